The maximum absolute atomic E-state index is 12.9. The molecule has 1 spiro atoms. The number of amides is 1. The Labute approximate surface area is 134 Å². The highest BCUT2D eigenvalue weighted by atomic mass is 16.2. The van der Waals surface area contributed by atoms with Gasteiger partial charge in [-0.1, -0.05) is 12.2 Å². The molecule has 0 saturated carbocycles. The van der Waals surface area contributed by atoms with Crippen LogP contribution in [0.1, 0.15) is 42.5 Å². The minimum atomic E-state index is -0.240. The molecule has 0 unspecified atom stereocenters. The van der Waals surface area contributed by atoms with E-state index in [1.54, 1.807) is 18.2 Å². The smallest absolute Gasteiger partial charge is 0.323 e. The van der Waals surface area contributed by atoms with Gasteiger partial charge in [0.25, 0.3) is 5.91 Å². The molecule has 1 aliphatic heterocycles. The Morgan fingerprint density at radius 2 is 2.00 bits per heavy atom. The molecule has 5 nitrogen and oxygen atoms in total. The maximum Gasteiger partial charge on any atom is 0.323 e. The number of aromatic amines is 2. The zero-order valence-electron chi connectivity index (χ0n) is 13.1. The third-order valence-corrected chi connectivity index (χ3v) is 5.27. The van der Waals surface area contributed by atoms with E-state index >= 15 is 0 Å². The molecule has 1 aliphatic carbocycles. The van der Waals surface area contributed by atoms with Crippen LogP contribution >= 0.6 is 0 Å². The van der Waals surface area contributed by atoms with Crippen LogP contribution in [-0.2, 0) is 0 Å². The molecule has 5 heteroatoms. The first-order chi connectivity index (χ1) is 11.2. The summed E-state index contributed by atoms with van der Waals surface area (Å²) in [6, 6.07) is 5.37. The number of imidazole rings is 1. The zero-order chi connectivity index (χ0) is 15.9. The van der Waals surface area contributed by atoms with Gasteiger partial charge in [-0.05, 0) is 55.7 Å². The van der Waals surface area contributed by atoms with Crippen molar-refractivity contribution in [2.45, 2.75) is 32.1 Å². The first kappa shape index (κ1) is 14.3. The van der Waals surface area contributed by atoms with Crippen LogP contribution in [0.2, 0.25) is 0 Å². The molecule has 120 valence electrons. The standard InChI is InChI=1S/C18H21N3O2/c22-16(13-5-6-14-15(11-13)20-17(23)19-14)21-10-4-9-18(12-21)7-2-1-3-8-18/h1-2,5-6,11H,3-4,7-10,12H2,(H2,19,20,23)/t18-/m1/s1. The highest BCUT2D eigenvalue weighted by Crippen LogP contribution is 2.41. The predicted octanol–water partition coefficient (Wildman–Crippen LogP) is 2.82. The second-order valence-electron chi connectivity index (χ2n) is 6.88. The third kappa shape index (κ3) is 2.60. The lowest BCUT2D eigenvalue weighted by molar-refractivity contribution is 0.0484. The Hall–Kier alpha value is -2.30. The number of carbonyl (C=O) groups is 1. The number of nitrogens with zero attached hydrogens (tertiary/aromatic N) is 1. The summed E-state index contributed by atoms with van der Waals surface area (Å²) in [4.78, 5) is 31.7. The molecule has 1 aromatic heterocycles. The Balaban J connectivity index is 1.59. The molecule has 1 saturated heterocycles. The zero-order valence-corrected chi connectivity index (χ0v) is 13.1. The van der Waals surface area contributed by atoms with Crippen molar-refractivity contribution < 1.29 is 4.79 Å². The molecule has 1 atom stereocenters. The Morgan fingerprint density at radius 1 is 1.13 bits per heavy atom. The summed E-state index contributed by atoms with van der Waals surface area (Å²) >= 11 is 0. The van der Waals surface area contributed by atoms with Crippen molar-refractivity contribution >= 4 is 16.9 Å². The van der Waals surface area contributed by atoms with Crippen LogP contribution in [0.15, 0.2) is 35.1 Å². The number of fused-ring (bicyclic) bond motifs is 1. The van der Waals surface area contributed by atoms with E-state index in [2.05, 4.69) is 22.1 Å². The van der Waals surface area contributed by atoms with E-state index in [1.807, 2.05) is 4.90 Å². The summed E-state index contributed by atoms with van der Waals surface area (Å²) in [6.45, 7) is 1.67. The summed E-state index contributed by atoms with van der Waals surface area (Å²) in [7, 11) is 0. The number of benzene rings is 1. The van der Waals surface area contributed by atoms with E-state index in [-0.39, 0.29) is 17.0 Å². The number of carbonyl (C=O) groups excluding carboxylic acids is 1. The first-order valence-corrected chi connectivity index (χ1v) is 8.32. The van der Waals surface area contributed by atoms with E-state index in [0.29, 0.717) is 11.1 Å². The number of hydrogen-bond donors (Lipinski definition) is 2. The molecule has 1 aromatic carbocycles. The van der Waals surface area contributed by atoms with Crippen LogP contribution in [0.3, 0.4) is 0 Å². The van der Waals surface area contributed by atoms with Crippen LogP contribution in [0, 0.1) is 5.41 Å². The van der Waals surface area contributed by atoms with Gasteiger partial charge in [0.15, 0.2) is 0 Å². The predicted molar refractivity (Wildman–Crippen MR) is 89.5 cm³/mol. The van der Waals surface area contributed by atoms with Crippen molar-refractivity contribution in [3.8, 4) is 0 Å². The molecule has 0 radical (unpaired) electrons. The van der Waals surface area contributed by atoms with Gasteiger partial charge in [-0.2, -0.15) is 0 Å². The van der Waals surface area contributed by atoms with Gasteiger partial charge in [-0.15, -0.1) is 0 Å². The third-order valence-electron chi connectivity index (χ3n) is 5.27. The van der Waals surface area contributed by atoms with E-state index in [9.17, 15) is 9.59 Å². The van der Waals surface area contributed by atoms with Gasteiger partial charge in [0, 0.05) is 18.7 Å². The van der Waals surface area contributed by atoms with Crippen LogP contribution in [-0.4, -0.2) is 33.9 Å². The quantitative estimate of drug-likeness (QED) is 0.795. The molecule has 2 aromatic rings. The summed E-state index contributed by atoms with van der Waals surface area (Å²) in [5.41, 5.74) is 2.11. The highest BCUT2D eigenvalue weighted by Gasteiger charge is 2.36. The normalized spacial score (nSPS) is 24.4. The van der Waals surface area contributed by atoms with Crippen LogP contribution in [0.5, 0.6) is 0 Å². The topological polar surface area (TPSA) is 69.0 Å². The molecular weight excluding hydrogens is 290 g/mol. The van der Waals surface area contributed by atoms with Gasteiger partial charge in [-0.3, -0.25) is 4.79 Å². The molecule has 1 fully saturated rings. The van der Waals surface area contributed by atoms with Gasteiger partial charge in [0.05, 0.1) is 11.0 Å². The number of hydrogen-bond acceptors (Lipinski definition) is 2. The number of aromatic nitrogens is 2. The molecule has 2 heterocycles. The van der Waals surface area contributed by atoms with E-state index in [4.69, 9.17) is 0 Å². The molecular formula is C18H21N3O2. The summed E-state index contributed by atoms with van der Waals surface area (Å²) in [5, 5.41) is 0. The molecule has 23 heavy (non-hydrogen) atoms. The Morgan fingerprint density at radius 3 is 2.83 bits per heavy atom. The van der Waals surface area contributed by atoms with Crippen molar-refractivity contribution in [1.82, 2.24) is 14.9 Å². The average molecular weight is 311 g/mol. The highest BCUT2D eigenvalue weighted by molar-refractivity contribution is 5.97. The second-order valence-corrected chi connectivity index (χ2v) is 6.88. The van der Waals surface area contributed by atoms with Crippen LogP contribution in [0.4, 0.5) is 0 Å². The Kier molecular flexibility index (Phi) is 3.36. The minimum Gasteiger partial charge on any atom is -0.338 e. The largest absolute Gasteiger partial charge is 0.338 e. The summed E-state index contributed by atoms with van der Waals surface area (Å²) in [6.07, 6.45) is 10.2. The maximum atomic E-state index is 12.9. The number of H-pyrrole nitrogens is 2. The van der Waals surface area contributed by atoms with Gasteiger partial charge in [0.2, 0.25) is 0 Å². The number of allylic oxidation sites excluding steroid dienone is 2. The van der Waals surface area contributed by atoms with Gasteiger partial charge in [0.1, 0.15) is 0 Å². The van der Waals surface area contributed by atoms with Gasteiger partial charge < -0.3 is 14.9 Å². The van der Waals surface area contributed by atoms with Crippen molar-refractivity contribution in [3.05, 3.63) is 46.4 Å². The van der Waals surface area contributed by atoms with Crippen molar-refractivity contribution in [1.29, 1.82) is 0 Å². The van der Waals surface area contributed by atoms with Crippen molar-refractivity contribution in [3.63, 3.8) is 0 Å². The molecule has 4 rings (SSSR count). The lowest BCUT2D eigenvalue weighted by atomic mass is 9.71. The fourth-order valence-corrected chi connectivity index (χ4v) is 4.04. The fraction of sp³-hybridized carbons (Fsp3) is 0.444. The number of rotatable bonds is 1. The molecule has 2 N–H and O–H groups in total. The minimum absolute atomic E-state index is 0.0718. The summed E-state index contributed by atoms with van der Waals surface area (Å²) in [5.74, 6) is 0.0718. The van der Waals surface area contributed by atoms with E-state index in [0.717, 1.165) is 37.9 Å². The number of nitrogens with one attached hydrogen (secondary N) is 2. The SMILES string of the molecule is O=C(c1ccc2[nH]c(=O)[nH]c2c1)N1CCC[C@]2(CC=CCC2)C1. The number of likely N-dealkylation sites (tertiary alicyclic amines) is 1. The Bertz CT molecular complexity index is 832. The molecule has 2 aliphatic rings. The first-order valence-electron chi connectivity index (χ1n) is 8.32. The van der Waals surface area contributed by atoms with Crippen molar-refractivity contribution in [2.24, 2.45) is 5.41 Å². The van der Waals surface area contributed by atoms with E-state index in [1.165, 1.54) is 12.8 Å². The molecule has 1 amide bonds. The van der Waals surface area contributed by atoms with E-state index < -0.39 is 0 Å². The number of piperidine rings is 1. The lowest BCUT2D eigenvalue weighted by Gasteiger charge is -2.44. The van der Waals surface area contributed by atoms with Crippen LogP contribution < -0.4 is 5.69 Å². The van der Waals surface area contributed by atoms with Crippen LogP contribution in [0.25, 0.3) is 11.0 Å². The molecule has 0 bridgehead atoms. The average Bonchev–Trinajstić information content (AvgIpc) is 2.94. The van der Waals surface area contributed by atoms with Gasteiger partial charge >= 0.3 is 5.69 Å². The van der Waals surface area contributed by atoms with Gasteiger partial charge in [-0.25, -0.2) is 4.79 Å². The van der Waals surface area contributed by atoms with Crippen molar-refractivity contribution in [2.75, 3.05) is 13.1 Å². The monoisotopic (exact) mass is 311 g/mol. The summed E-state index contributed by atoms with van der Waals surface area (Å²) < 4.78 is 0. The second kappa shape index (κ2) is 5.41. The lowest BCUT2D eigenvalue weighted by Crippen LogP contribution is -2.46. The fourth-order valence-electron chi connectivity index (χ4n) is 4.04.